The summed E-state index contributed by atoms with van der Waals surface area (Å²) < 4.78 is 16.7. The van der Waals surface area contributed by atoms with E-state index in [0.29, 0.717) is 19.3 Å². The summed E-state index contributed by atoms with van der Waals surface area (Å²) in [6.45, 7) is 6.47. The third-order valence-electron chi connectivity index (χ3n) is 12.8. The van der Waals surface area contributed by atoms with Crippen LogP contribution in [-0.4, -0.2) is 37.2 Å². The first-order valence-corrected chi connectivity index (χ1v) is 29.3. The van der Waals surface area contributed by atoms with Gasteiger partial charge >= 0.3 is 17.9 Å². The van der Waals surface area contributed by atoms with Gasteiger partial charge in [-0.1, -0.05) is 274 Å². The molecule has 1 atom stereocenters. The van der Waals surface area contributed by atoms with Crippen molar-refractivity contribution in [2.75, 3.05) is 13.2 Å². The van der Waals surface area contributed by atoms with E-state index in [0.717, 1.165) is 96.3 Å². The lowest BCUT2D eigenvalue weighted by atomic mass is 10.0. The Labute approximate surface area is 421 Å². The number of carbonyl (C=O) groups is 3. The molecular weight excluding hydrogens is 841 g/mol. The summed E-state index contributed by atoms with van der Waals surface area (Å²) in [4.78, 5) is 37.8. The van der Waals surface area contributed by atoms with Crippen LogP contribution in [0.5, 0.6) is 0 Å². The normalized spacial score (nSPS) is 12.5. The van der Waals surface area contributed by atoms with Crippen LogP contribution in [0, 0.1) is 0 Å². The fourth-order valence-corrected chi connectivity index (χ4v) is 8.41. The third-order valence-corrected chi connectivity index (χ3v) is 12.8. The summed E-state index contributed by atoms with van der Waals surface area (Å²) >= 11 is 0. The second-order valence-electron chi connectivity index (χ2n) is 19.5. The average Bonchev–Trinajstić information content (AvgIpc) is 3.34. The zero-order valence-corrected chi connectivity index (χ0v) is 45.1. The summed E-state index contributed by atoms with van der Waals surface area (Å²) in [6, 6.07) is 0. The number of carbonyl (C=O) groups excluding carboxylic acids is 3. The van der Waals surface area contributed by atoms with Gasteiger partial charge in [0, 0.05) is 19.3 Å². The summed E-state index contributed by atoms with van der Waals surface area (Å²) in [7, 11) is 0. The van der Waals surface area contributed by atoms with Crippen LogP contribution in [-0.2, 0) is 28.6 Å². The minimum atomic E-state index is -0.767. The van der Waals surface area contributed by atoms with E-state index in [1.54, 1.807) is 0 Å². The summed E-state index contributed by atoms with van der Waals surface area (Å²) in [6.07, 6.45) is 71.2. The van der Waals surface area contributed by atoms with Crippen molar-refractivity contribution in [3.05, 3.63) is 60.8 Å². The molecule has 0 saturated carbocycles. The van der Waals surface area contributed by atoms with Gasteiger partial charge in [-0.25, -0.2) is 0 Å². The van der Waals surface area contributed by atoms with Crippen molar-refractivity contribution < 1.29 is 28.6 Å². The van der Waals surface area contributed by atoms with Crippen molar-refractivity contribution in [2.24, 2.45) is 0 Å². The topological polar surface area (TPSA) is 78.9 Å². The molecule has 0 aromatic carbocycles. The van der Waals surface area contributed by atoms with E-state index in [1.807, 2.05) is 0 Å². The molecule has 0 aliphatic rings. The zero-order chi connectivity index (χ0) is 49.3. The molecule has 394 valence electrons. The first-order valence-electron chi connectivity index (χ1n) is 29.3. The number of allylic oxidation sites excluding steroid dienone is 10. The van der Waals surface area contributed by atoms with E-state index in [-0.39, 0.29) is 31.1 Å². The molecule has 0 fully saturated rings. The van der Waals surface area contributed by atoms with Crippen LogP contribution in [0.3, 0.4) is 0 Å². The van der Waals surface area contributed by atoms with Gasteiger partial charge in [0.15, 0.2) is 6.10 Å². The Kier molecular flexibility index (Phi) is 54.3. The van der Waals surface area contributed by atoms with Gasteiger partial charge in [0.2, 0.25) is 0 Å². The molecule has 0 saturated heterocycles. The summed E-state index contributed by atoms with van der Waals surface area (Å²) in [5.41, 5.74) is 0. The van der Waals surface area contributed by atoms with Gasteiger partial charge in [-0.15, -0.1) is 0 Å². The fraction of sp³-hybridized carbons (Fsp3) is 0.790. The van der Waals surface area contributed by atoms with E-state index in [4.69, 9.17) is 14.2 Å². The lowest BCUT2D eigenvalue weighted by Crippen LogP contribution is -2.30. The number of hydrogen-bond donors (Lipinski definition) is 0. The van der Waals surface area contributed by atoms with Crippen LogP contribution in [0.15, 0.2) is 60.8 Å². The predicted molar refractivity (Wildman–Crippen MR) is 293 cm³/mol. The van der Waals surface area contributed by atoms with Crippen LogP contribution >= 0.6 is 0 Å². The highest BCUT2D eigenvalue weighted by Gasteiger charge is 2.19. The minimum Gasteiger partial charge on any atom is -0.462 e. The van der Waals surface area contributed by atoms with Crippen molar-refractivity contribution in [3.63, 3.8) is 0 Å². The van der Waals surface area contributed by atoms with Crippen LogP contribution in [0.4, 0.5) is 0 Å². The SMILES string of the molecule is CC/C=C\C/C=C\C/C=C\C/C=C\C/C=C\CCCCCCCCCCCCCCCC(=O)OCC(COC(=O)CCCCCCC)OC(=O)CCCCCCCCCCCCCCCCCC. The Morgan fingerprint density at radius 1 is 0.309 bits per heavy atom. The van der Waals surface area contributed by atoms with Gasteiger partial charge in [-0.05, 0) is 64.2 Å². The molecule has 0 aliphatic carbocycles. The molecule has 6 nitrogen and oxygen atoms in total. The number of esters is 3. The largest absolute Gasteiger partial charge is 0.462 e. The fourth-order valence-electron chi connectivity index (χ4n) is 8.41. The molecule has 0 aliphatic heterocycles. The monoisotopic (exact) mass is 951 g/mol. The average molecular weight is 952 g/mol. The van der Waals surface area contributed by atoms with Crippen molar-refractivity contribution >= 4 is 17.9 Å². The van der Waals surface area contributed by atoms with Crippen LogP contribution in [0.1, 0.15) is 297 Å². The molecule has 6 heteroatoms. The molecule has 0 spiro atoms. The Balaban J connectivity index is 4.01. The molecule has 68 heavy (non-hydrogen) atoms. The molecule has 1 unspecified atom stereocenters. The molecule has 0 bridgehead atoms. The van der Waals surface area contributed by atoms with E-state index < -0.39 is 6.10 Å². The van der Waals surface area contributed by atoms with Gasteiger partial charge in [0.05, 0.1) is 0 Å². The lowest BCUT2D eigenvalue weighted by molar-refractivity contribution is -0.167. The minimum absolute atomic E-state index is 0.0710. The molecule has 0 heterocycles. The van der Waals surface area contributed by atoms with Crippen molar-refractivity contribution in [1.82, 2.24) is 0 Å². The number of hydrogen-bond acceptors (Lipinski definition) is 6. The second kappa shape index (κ2) is 56.7. The van der Waals surface area contributed by atoms with E-state index in [9.17, 15) is 14.4 Å². The number of rotatable bonds is 53. The van der Waals surface area contributed by atoms with E-state index >= 15 is 0 Å². The van der Waals surface area contributed by atoms with Gasteiger partial charge in [-0.3, -0.25) is 14.4 Å². The zero-order valence-electron chi connectivity index (χ0n) is 45.1. The van der Waals surface area contributed by atoms with Crippen LogP contribution in [0.2, 0.25) is 0 Å². The highest BCUT2D eigenvalue weighted by atomic mass is 16.6. The van der Waals surface area contributed by atoms with Gasteiger partial charge in [0.25, 0.3) is 0 Å². The van der Waals surface area contributed by atoms with Crippen molar-refractivity contribution in [2.45, 2.75) is 303 Å². The van der Waals surface area contributed by atoms with Crippen LogP contribution in [0.25, 0.3) is 0 Å². The molecule has 0 N–H and O–H groups in total. The second-order valence-corrected chi connectivity index (χ2v) is 19.5. The van der Waals surface area contributed by atoms with E-state index in [2.05, 4.69) is 81.5 Å². The standard InChI is InChI=1S/C62H110O6/c1-4-7-10-13-15-17-19-21-23-25-26-27-28-29-30-31-32-33-34-35-36-37-39-40-42-44-46-49-52-55-61(64)67-58-59(57-66-60(63)54-51-48-12-9-6-3)68-62(65)56-53-50-47-45-43-41-38-24-22-20-18-16-14-11-8-5-2/h7,10,15,17,21,23,26-27,29-30,59H,4-6,8-9,11-14,16,18-20,22,24-25,28,31-58H2,1-3H3/b10-7-,17-15-,23-21-,27-26-,30-29-. The Morgan fingerprint density at radius 3 is 0.897 bits per heavy atom. The Morgan fingerprint density at radius 2 is 0.574 bits per heavy atom. The number of unbranched alkanes of at least 4 members (excludes halogenated alkanes) is 32. The molecule has 0 aromatic heterocycles. The molecular formula is C62H110O6. The molecule has 0 radical (unpaired) electrons. The highest BCUT2D eigenvalue weighted by molar-refractivity contribution is 5.71. The smallest absolute Gasteiger partial charge is 0.306 e. The maximum atomic E-state index is 12.8. The molecule has 0 amide bonds. The van der Waals surface area contributed by atoms with Crippen LogP contribution < -0.4 is 0 Å². The maximum Gasteiger partial charge on any atom is 0.306 e. The predicted octanol–water partition coefficient (Wildman–Crippen LogP) is 19.6. The maximum absolute atomic E-state index is 12.8. The lowest BCUT2D eigenvalue weighted by Gasteiger charge is -2.18. The summed E-state index contributed by atoms with van der Waals surface area (Å²) in [5.74, 6) is -0.873. The third kappa shape index (κ3) is 54.1. The van der Waals surface area contributed by atoms with Gasteiger partial charge in [0.1, 0.15) is 13.2 Å². The number of ether oxygens (including phenoxy) is 3. The quantitative estimate of drug-likeness (QED) is 0.0262. The Bertz CT molecular complexity index is 1230. The van der Waals surface area contributed by atoms with Crippen molar-refractivity contribution in [3.8, 4) is 0 Å². The molecule has 0 rings (SSSR count). The first-order chi connectivity index (χ1) is 33.5. The highest BCUT2D eigenvalue weighted by Crippen LogP contribution is 2.17. The van der Waals surface area contributed by atoms with E-state index in [1.165, 1.54) is 161 Å². The first kappa shape index (κ1) is 65.1. The van der Waals surface area contributed by atoms with Gasteiger partial charge < -0.3 is 14.2 Å². The van der Waals surface area contributed by atoms with Gasteiger partial charge in [-0.2, -0.15) is 0 Å². The Hall–Kier alpha value is -2.89. The molecule has 0 aromatic rings. The summed E-state index contributed by atoms with van der Waals surface area (Å²) in [5, 5.41) is 0. The van der Waals surface area contributed by atoms with Crippen molar-refractivity contribution in [1.29, 1.82) is 0 Å².